The minimum atomic E-state index is -4.52. The van der Waals surface area contributed by atoms with Gasteiger partial charge in [-0.3, -0.25) is 15.0 Å². The molecule has 0 unspecified atom stereocenters. The molecule has 0 aromatic heterocycles. The Morgan fingerprint density at radius 2 is 1.92 bits per heavy atom. The highest BCUT2D eigenvalue weighted by Gasteiger charge is 2.42. The van der Waals surface area contributed by atoms with Crippen molar-refractivity contribution in [1.29, 1.82) is 0 Å². The monoisotopic (exact) mass is 532 g/mol. The molecule has 2 aromatic rings. The zero-order valence-electron chi connectivity index (χ0n) is 22.0. The van der Waals surface area contributed by atoms with Gasteiger partial charge in [-0.05, 0) is 73.4 Å². The maximum atomic E-state index is 13.4. The van der Waals surface area contributed by atoms with Crippen LogP contribution in [-0.4, -0.2) is 35.6 Å². The number of nitro groups is 1. The van der Waals surface area contributed by atoms with Crippen LogP contribution in [0.3, 0.4) is 0 Å². The van der Waals surface area contributed by atoms with Crippen LogP contribution in [0.1, 0.15) is 68.4 Å². The van der Waals surface area contributed by atoms with Crippen molar-refractivity contribution in [2.45, 2.75) is 65.3 Å². The Labute approximate surface area is 219 Å². The van der Waals surface area contributed by atoms with E-state index in [0.717, 1.165) is 29.7 Å². The fourth-order valence-electron chi connectivity index (χ4n) is 5.44. The van der Waals surface area contributed by atoms with Crippen LogP contribution >= 0.6 is 0 Å². The van der Waals surface area contributed by atoms with Gasteiger partial charge in [0.2, 0.25) is 0 Å². The molecule has 4 rings (SSSR count). The Kier molecular flexibility index (Phi) is 7.20. The molecule has 0 spiro atoms. The maximum Gasteiger partial charge on any atom is 0.416 e. The number of aryl methyl sites for hydroxylation is 1. The average molecular weight is 533 g/mol. The number of rotatable bonds is 6. The van der Waals surface area contributed by atoms with Crippen molar-refractivity contribution >= 4 is 17.4 Å². The van der Waals surface area contributed by atoms with Crippen molar-refractivity contribution in [2.75, 3.05) is 13.7 Å². The summed E-state index contributed by atoms with van der Waals surface area (Å²) in [5, 5.41) is 11.5. The molecule has 1 amide bonds. The number of nitro benzene ring substituents is 1. The van der Waals surface area contributed by atoms with Crippen molar-refractivity contribution in [2.24, 2.45) is 5.41 Å². The number of allylic oxidation sites excluding steroid dienone is 1. The molecule has 10 heteroatoms. The van der Waals surface area contributed by atoms with Gasteiger partial charge in [-0.25, -0.2) is 4.79 Å². The van der Waals surface area contributed by atoms with E-state index in [-0.39, 0.29) is 17.6 Å². The number of cyclic esters (lactones) is 1. The third-order valence-corrected chi connectivity index (χ3v) is 7.40. The molecule has 1 saturated heterocycles. The summed E-state index contributed by atoms with van der Waals surface area (Å²) in [5.41, 5.74) is 2.20. The normalized spacial score (nSPS) is 21.5. The number of amides is 1. The van der Waals surface area contributed by atoms with Crippen LogP contribution in [0.5, 0.6) is 5.75 Å². The standard InChI is InChI=1S/C28H31F3N2O5/c1-16-10-18(12-20(11-16)28(29,30)31)25-17(2)32(26(34)38-25)15-19-14-27(3,4)9-8-22(19)23-13-21(33(35)36)6-7-24(23)37-5/h6-7,10-13,17,25H,8-9,14-15H2,1-5H3/t17-,25-/m0/s1. The SMILES string of the molecule is COc1ccc([N+](=O)[O-])cc1C1=C(CN2C(=O)O[C@H](c3cc(C)cc(C(F)(F)F)c3)[C@@H]2C)CC(C)(C)CC1. The molecular formula is C28H31F3N2O5. The molecule has 204 valence electrons. The summed E-state index contributed by atoms with van der Waals surface area (Å²) >= 11 is 0. The van der Waals surface area contributed by atoms with Gasteiger partial charge in [-0.1, -0.05) is 25.5 Å². The number of hydrogen-bond donors (Lipinski definition) is 0. The van der Waals surface area contributed by atoms with E-state index < -0.39 is 34.9 Å². The van der Waals surface area contributed by atoms with Crippen molar-refractivity contribution in [1.82, 2.24) is 4.90 Å². The molecule has 1 heterocycles. The van der Waals surface area contributed by atoms with Crippen molar-refractivity contribution in [3.63, 3.8) is 0 Å². The minimum Gasteiger partial charge on any atom is -0.496 e. The highest BCUT2D eigenvalue weighted by molar-refractivity contribution is 5.77. The van der Waals surface area contributed by atoms with Gasteiger partial charge in [-0.15, -0.1) is 0 Å². The van der Waals surface area contributed by atoms with E-state index in [1.54, 1.807) is 26.0 Å². The number of benzene rings is 2. The van der Waals surface area contributed by atoms with E-state index in [1.807, 2.05) is 0 Å². The summed E-state index contributed by atoms with van der Waals surface area (Å²) in [6.07, 6.45) is -3.89. The molecule has 0 bridgehead atoms. The number of halogens is 3. The first-order valence-electron chi connectivity index (χ1n) is 12.4. The molecule has 2 atom stereocenters. The summed E-state index contributed by atoms with van der Waals surface area (Å²) in [4.78, 5) is 25.6. The van der Waals surface area contributed by atoms with Crippen LogP contribution in [-0.2, 0) is 10.9 Å². The summed E-state index contributed by atoms with van der Waals surface area (Å²) in [6.45, 7) is 7.76. The van der Waals surface area contributed by atoms with E-state index in [4.69, 9.17) is 9.47 Å². The van der Waals surface area contributed by atoms with Crippen molar-refractivity contribution in [3.05, 3.63) is 74.3 Å². The van der Waals surface area contributed by atoms with Gasteiger partial charge in [0.25, 0.3) is 5.69 Å². The highest BCUT2D eigenvalue weighted by Crippen LogP contribution is 2.46. The molecule has 2 aliphatic rings. The first-order chi connectivity index (χ1) is 17.7. The number of hydrogen-bond acceptors (Lipinski definition) is 5. The number of carbonyl (C=O) groups excluding carboxylic acids is 1. The van der Waals surface area contributed by atoms with E-state index in [2.05, 4.69) is 13.8 Å². The summed E-state index contributed by atoms with van der Waals surface area (Å²) < 4.78 is 51.4. The first-order valence-corrected chi connectivity index (χ1v) is 12.4. The molecule has 0 radical (unpaired) electrons. The summed E-state index contributed by atoms with van der Waals surface area (Å²) in [5.74, 6) is 0.497. The van der Waals surface area contributed by atoms with Gasteiger partial charge in [0.15, 0.2) is 0 Å². The molecule has 38 heavy (non-hydrogen) atoms. The van der Waals surface area contributed by atoms with E-state index in [0.29, 0.717) is 35.3 Å². The van der Waals surface area contributed by atoms with Crippen LogP contribution in [0.15, 0.2) is 42.0 Å². The number of nitrogens with zero attached hydrogens (tertiary/aromatic N) is 2. The molecule has 1 fully saturated rings. The quantitative estimate of drug-likeness (QED) is 0.285. The number of methoxy groups -OCH3 is 1. The van der Waals surface area contributed by atoms with Gasteiger partial charge < -0.3 is 9.47 Å². The molecule has 7 nitrogen and oxygen atoms in total. The van der Waals surface area contributed by atoms with Crippen molar-refractivity contribution < 1.29 is 32.4 Å². The fourth-order valence-corrected chi connectivity index (χ4v) is 5.44. The predicted octanol–water partition coefficient (Wildman–Crippen LogP) is 7.48. The summed E-state index contributed by atoms with van der Waals surface area (Å²) in [7, 11) is 1.50. The smallest absolute Gasteiger partial charge is 0.416 e. The Morgan fingerprint density at radius 1 is 1.21 bits per heavy atom. The molecule has 1 aliphatic heterocycles. The maximum absolute atomic E-state index is 13.4. The van der Waals surface area contributed by atoms with Crippen molar-refractivity contribution in [3.8, 4) is 5.75 Å². The number of ether oxygens (including phenoxy) is 2. The van der Waals surface area contributed by atoms with Crippen LogP contribution in [0.4, 0.5) is 23.7 Å². The predicted molar refractivity (Wildman–Crippen MR) is 136 cm³/mol. The van der Waals surface area contributed by atoms with Crippen LogP contribution in [0, 0.1) is 22.5 Å². The highest BCUT2D eigenvalue weighted by atomic mass is 19.4. The van der Waals surface area contributed by atoms with Gasteiger partial charge >= 0.3 is 12.3 Å². The lowest BCUT2D eigenvalue weighted by Crippen LogP contribution is -2.35. The van der Waals surface area contributed by atoms with E-state index >= 15 is 0 Å². The van der Waals surface area contributed by atoms with Gasteiger partial charge in [-0.2, -0.15) is 13.2 Å². The van der Waals surface area contributed by atoms with Crippen LogP contribution < -0.4 is 4.74 Å². The number of carbonyl (C=O) groups is 1. The third kappa shape index (κ3) is 5.49. The Hall–Kier alpha value is -3.56. The zero-order chi connectivity index (χ0) is 28.0. The van der Waals surface area contributed by atoms with E-state index in [1.165, 1.54) is 24.1 Å². The Morgan fingerprint density at radius 3 is 2.55 bits per heavy atom. The molecular weight excluding hydrogens is 501 g/mol. The van der Waals surface area contributed by atoms with Crippen LogP contribution in [0.25, 0.3) is 5.57 Å². The molecule has 2 aromatic carbocycles. The van der Waals surface area contributed by atoms with Gasteiger partial charge in [0.05, 0.1) is 23.6 Å². The van der Waals surface area contributed by atoms with Gasteiger partial charge in [0, 0.05) is 24.2 Å². The Balaban J connectivity index is 1.72. The lowest BCUT2D eigenvalue weighted by atomic mass is 9.72. The second-order valence-electron chi connectivity index (χ2n) is 10.9. The van der Waals surface area contributed by atoms with Gasteiger partial charge in [0.1, 0.15) is 11.9 Å². The lowest BCUT2D eigenvalue weighted by Gasteiger charge is -2.35. The molecule has 0 N–H and O–H groups in total. The fraction of sp³-hybridized carbons (Fsp3) is 0.464. The lowest BCUT2D eigenvalue weighted by molar-refractivity contribution is -0.384. The number of non-ortho nitro benzene ring substituents is 1. The van der Waals surface area contributed by atoms with Crippen LogP contribution in [0.2, 0.25) is 0 Å². The second kappa shape index (κ2) is 9.96. The average Bonchev–Trinajstić information content (AvgIpc) is 3.10. The third-order valence-electron chi connectivity index (χ3n) is 7.40. The molecule has 0 saturated carbocycles. The number of alkyl halides is 3. The first kappa shape index (κ1) is 27.5. The largest absolute Gasteiger partial charge is 0.496 e. The summed E-state index contributed by atoms with van der Waals surface area (Å²) in [6, 6.07) is 7.62. The van der Waals surface area contributed by atoms with E-state index in [9.17, 15) is 28.1 Å². The zero-order valence-corrected chi connectivity index (χ0v) is 22.0. The minimum absolute atomic E-state index is 0.0635. The molecule has 1 aliphatic carbocycles. The Bertz CT molecular complexity index is 1300. The second-order valence-corrected chi connectivity index (χ2v) is 10.9. The topological polar surface area (TPSA) is 81.9 Å².